The number of ether oxygens (including phenoxy) is 1. The summed E-state index contributed by atoms with van der Waals surface area (Å²) in [4.78, 5) is 10.4. The number of aromatic nitrogens is 2. The van der Waals surface area contributed by atoms with Gasteiger partial charge in [-0.15, -0.1) is 10.2 Å². The van der Waals surface area contributed by atoms with E-state index in [1.54, 1.807) is 13.8 Å². The van der Waals surface area contributed by atoms with Crippen LogP contribution in [-0.4, -0.2) is 15.1 Å². The highest BCUT2D eigenvalue weighted by Gasteiger charge is 2.19. The molecular weight excluding hydrogens is 305 g/mol. The fourth-order valence-corrected chi connectivity index (χ4v) is 1.82. The molecular formula is C12H9Cl2N3O3. The summed E-state index contributed by atoms with van der Waals surface area (Å²) in [5.41, 5.74) is 1.14. The van der Waals surface area contributed by atoms with E-state index in [9.17, 15) is 10.1 Å². The summed E-state index contributed by atoms with van der Waals surface area (Å²) in [6.07, 6.45) is 0. The van der Waals surface area contributed by atoms with Gasteiger partial charge in [-0.1, -0.05) is 23.2 Å². The third-order valence-electron chi connectivity index (χ3n) is 2.75. The number of nitrogens with zero attached hydrogens (tertiary/aromatic N) is 3. The van der Waals surface area contributed by atoms with E-state index in [0.29, 0.717) is 16.1 Å². The first-order valence-corrected chi connectivity index (χ1v) is 6.27. The number of halogens is 2. The first-order chi connectivity index (χ1) is 9.40. The van der Waals surface area contributed by atoms with Crippen molar-refractivity contribution >= 4 is 28.9 Å². The third kappa shape index (κ3) is 2.81. The molecule has 1 aromatic carbocycles. The largest absolute Gasteiger partial charge is 0.430 e. The van der Waals surface area contributed by atoms with Crippen LogP contribution >= 0.6 is 23.2 Å². The molecule has 0 spiro atoms. The number of nitro groups is 1. The molecule has 1 aromatic heterocycles. The van der Waals surface area contributed by atoms with E-state index in [4.69, 9.17) is 27.9 Å². The van der Waals surface area contributed by atoms with Gasteiger partial charge in [0.25, 0.3) is 0 Å². The fourth-order valence-electron chi connectivity index (χ4n) is 1.48. The van der Waals surface area contributed by atoms with Crippen molar-refractivity contribution in [2.24, 2.45) is 0 Å². The highest BCUT2D eigenvalue weighted by atomic mass is 35.5. The van der Waals surface area contributed by atoms with Gasteiger partial charge in [-0.2, -0.15) is 0 Å². The lowest BCUT2D eigenvalue weighted by Crippen LogP contribution is -1.99. The van der Waals surface area contributed by atoms with Crippen LogP contribution in [0.3, 0.4) is 0 Å². The Morgan fingerprint density at radius 3 is 2.55 bits per heavy atom. The molecule has 0 atom stereocenters. The second kappa shape index (κ2) is 5.60. The van der Waals surface area contributed by atoms with Crippen LogP contribution < -0.4 is 4.74 Å². The maximum Gasteiger partial charge on any atom is 0.311 e. The molecule has 6 nitrogen and oxygen atoms in total. The highest BCUT2D eigenvalue weighted by molar-refractivity contribution is 6.30. The Balaban J connectivity index is 2.47. The second-order valence-corrected chi connectivity index (χ2v) is 4.81. The molecule has 0 N–H and O–H groups in total. The SMILES string of the molecule is Cc1c(Cl)nnc(Oc2cc(Cl)ccc2[N+](=O)[O-])c1C. The molecule has 0 aliphatic rings. The zero-order valence-electron chi connectivity index (χ0n) is 10.6. The number of hydrogen-bond acceptors (Lipinski definition) is 5. The second-order valence-electron chi connectivity index (χ2n) is 4.02. The summed E-state index contributed by atoms with van der Waals surface area (Å²) in [5.74, 6) is 0.152. The lowest BCUT2D eigenvalue weighted by Gasteiger charge is -2.09. The molecule has 1 heterocycles. The Hall–Kier alpha value is -1.92. The van der Waals surface area contributed by atoms with E-state index >= 15 is 0 Å². The Morgan fingerprint density at radius 1 is 1.20 bits per heavy atom. The van der Waals surface area contributed by atoms with Gasteiger partial charge in [-0.25, -0.2) is 0 Å². The molecule has 2 rings (SSSR count). The van der Waals surface area contributed by atoms with E-state index in [1.807, 2.05) is 0 Å². The topological polar surface area (TPSA) is 78.2 Å². The van der Waals surface area contributed by atoms with Gasteiger partial charge >= 0.3 is 5.69 Å². The minimum atomic E-state index is -0.558. The minimum Gasteiger partial charge on any atom is -0.430 e. The molecule has 0 amide bonds. The number of benzene rings is 1. The van der Waals surface area contributed by atoms with Crippen molar-refractivity contribution < 1.29 is 9.66 Å². The summed E-state index contributed by atoms with van der Waals surface area (Å²) < 4.78 is 5.46. The quantitative estimate of drug-likeness (QED) is 0.629. The van der Waals surface area contributed by atoms with Crippen LogP contribution in [0.1, 0.15) is 11.1 Å². The molecule has 0 aliphatic heterocycles. The zero-order chi connectivity index (χ0) is 14.9. The monoisotopic (exact) mass is 313 g/mol. The summed E-state index contributed by atoms with van der Waals surface area (Å²) in [6.45, 7) is 3.49. The van der Waals surface area contributed by atoms with Crippen molar-refractivity contribution in [1.29, 1.82) is 0 Å². The zero-order valence-corrected chi connectivity index (χ0v) is 12.1. The van der Waals surface area contributed by atoms with Crippen LogP contribution in [0.4, 0.5) is 5.69 Å². The fraction of sp³-hybridized carbons (Fsp3) is 0.167. The van der Waals surface area contributed by atoms with Gasteiger partial charge in [-0.3, -0.25) is 10.1 Å². The van der Waals surface area contributed by atoms with Gasteiger partial charge in [0, 0.05) is 22.7 Å². The van der Waals surface area contributed by atoms with E-state index in [0.717, 1.165) is 0 Å². The molecule has 2 aromatic rings. The van der Waals surface area contributed by atoms with E-state index in [1.165, 1.54) is 18.2 Å². The molecule has 20 heavy (non-hydrogen) atoms. The summed E-state index contributed by atoms with van der Waals surface area (Å²) in [5, 5.41) is 19.0. The van der Waals surface area contributed by atoms with Gasteiger partial charge in [0.05, 0.1) is 4.92 Å². The van der Waals surface area contributed by atoms with Crippen molar-refractivity contribution in [3.8, 4) is 11.6 Å². The van der Waals surface area contributed by atoms with Crippen molar-refractivity contribution in [1.82, 2.24) is 10.2 Å². The molecule has 0 bridgehead atoms. The van der Waals surface area contributed by atoms with Crippen LogP contribution in [0.15, 0.2) is 18.2 Å². The van der Waals surface area contributed by atoms with Crippen molar-refractivity contribution in [2.45, 2.75) is 13.8 Å². The molecule has 0 saturated carbocycles. The van der Waals surface area contributed by atoms with E-state index in [2.05, 4.69) is 10.2 Å². The van der Waals surface area contributed by atoms with Crippen molar-refractivity contribution in [3.63, 3.8) is 0 Å². The average molecular weight is 314 g/mol. The molecule has 0 unspecified atom stereocenters. The van der Waals surface area contributed by atoms with Gasteiger partial charge in [0.1, 0.15) is 0 Å². The van der Waals surface area contributed by atoms with Crippen LogP contribution in [0.2, 0.25) is 10.2 Å². The highest BCUT2D eigenvalue weighted by Crippen LogP contribution is 2.34. The predicted octanol–water partition coefficient (Wildman–Crippen LogP) is 4.10. The first kappa shape index (κ1) is 14.5. The van der Waals surface area contributed by atoms with Crippen LogP contribution in [0.25, 0.3) is 0 Å². The molecule has 0 fully saturated rings. The normalized spacial score (nSPS) is 10.4. The summed E-state index contributed by atoms with van der Waals surface area (Å²) in [6, 6.07) is 4.03. The van der Waals surface area contributed by atoms with Gasteiger partial charge < -0.3 is 4.74 Å². The standard InChI is InChI=1S/C12H9Cl2N3O3/c1-6-7(2)12(16-15-11(6)14)20-10-5-8(13)3-4-9(10)17(18)19/h3-5H,1-2H3. The molecule has 0 saturated heterocycles. The van der Waals surface area contributed by atoms with E-state index in [-0.39, 0.29) is 22.5 Å². The van der Waals surface area contributed by atoms with Crippen LogP contribution in [-0.2, 0) is 0 Å². The molecule has 8 heteroatoms. The lowest BCUT2D eigenvalue weighted by molar-refractivity contribution is -0.385. The van der Waals surface area contributed by atoms with Gasteiger partial charge in [0.2, 0.25) is 11.6 Å². The predicted molar refractivity (Wildman–Crippen MR) is 74.7 cm³/mol. The molecule has 0 radical (unpaired) electrons. The Labute approximate surface area is 124 Å². The lowest BCUT2D eigenvalue weighted by atomic mass is 10.2. The molecule has 104 valence electrons. The third-order valence-corrected chi connectivity index (χ3v) is 3.34. The number of nitro benzene ring substituents is 1. The van der Waals surface area contributed by atoms with Gasteiger partial charge in [0.15, 0.2) is 5.15 Å². The van der Waals surface area contributed by atoms with Gasteiger partial charge in [-0.05, 0) is 25.5 Å². The summed E-state index contributed by atoms with van der Waals surface area (Å²) in [7, 11) is 0. The minimum absolute atomic E-state index is 0.00150. The van der Waals surface area contributed by atoms with Crippen LogP contribution in [0.5, 0.6) is 11.6 Å². The van der Waals surface area contributed by atoms with E-state index < -0.39 is 4.92 Å². The average Bonchev–Trinajstić information content (AvgIpc) is 2.39. The Bertz CT molecular complexity index is 692. The maximum atomic E-state index is 11.0. The Morgan fingerprint density at radius 2 is 1.90 bits per heavy atom. The number of rotatable bonds is 3. The maximum absolute atomic E-state index is 11.0. The number of hydrogen-bond donors (Lipinski definition) is 0. The summed E-state index contributed by atoms with van der Waals surface area (Å²) >= 11 is 11.7. The van der Waals surface area contributed by atoms with Crippen molar-refractivity contribution in [2.75, 3.05) is 0 Å². The first-order valence-electron chi connectivity index (χ1n) is 5.51. The Kier molecular flexibility index (Phi) is 4.06. The van der Waals surface area contributed by atoms with Crippen molar-refractivity contribution in [3.05, 3.63) is 49.6 Å². The smallest absolute Gasteiger partial charge is 0.311 e. The van der Waals surface area contributed by atoms with Crippen LogP contribution in [0, 0.1) is 24.0 Å². The molecule has 0 aliphatic carbocycles.